The summed E-state index contributed by atoms with van der Waals surface area (Å²) < 4.78 is 21.3. The molecule has 1 aromatic rings. The topological polar surface area (TPSA) is 130 Å². The van der Waals surface area contributed by atoms with Crippen molar-refractivity contribution in [3.8, 4) is 0 Å². The molecule has 1 aliphatic heterocycles. The molecule has 11 heteroatoms. The molecule has 0 aromatic carbocycles. The van der Waals surface area contributed by atoms with Crippen LogP contribution in [0.4, 0.5) is 0 Å². The minimum absolute atomic E-state index is 0.0314. The van der Waals surface area contributed by atoms with Gasteiger partial charge >= 0.3 is 17.9 Å². The Labute approximate surface area is 147 Å². The fourth-order valence-electron chi connectivity index (χ4n) is 2.29. The van der Waals surface area contributed by atoms with Crippen molar-refractivity contribution in [2.45, 2.75) is 56.6 Å². The molecular formula is C14H19N3O7S. The number of aryl methyl sites for hydroxylation is 1. The van der Waals surface area contributed by atoms with Crippen LogP contribution in [-0.4, -0.2) is 63.4 Å². The van der Waals surface area contributed by atoms with Crippen LogP contribution in [0.5, 0.6) is 0 Å². The highest BCUT2D eigenvalue weighted by Crippen LogP contribution is 2.33. The molecule has 0 bridgehead atoms. The molecule has 0 unspecified atom stereocenters. The van der Waals surface area contributed by atoms with Gasteiger partial charge < -0.3 is 18.9 Å². The van der Waals surface area contributed by atoms with E-state index in [-0.39, 0.29) is 6.61 Å². The maximum atomic E-state index is 11.5. The summed E-state index contributed by atoms with van der Waals surface area (Å²) in [5, 5.41) is 7.06. The van der Waals surface area contributed by atoms with Crippen molar-refractivity contribution in [1.29, 1.82) is 0 Å². The Morgan fingerprint density at radius 3 is 2.20 bits per heavy atom. The predicted octanol–water partition coefficient (Wildman–Crippen LogP) is 0.357. The molecular weight excluding hydrogens is 354 g/mol. The van der Waals surface area contributed by atoms with E-state index in [1.165, 1.54) is 20.8 Å². The lowest BCUT2D eigenvalue weighted by atomic mass is 10.1. The van der Waals surface area contributed by atoms with Crippen molar-refractivity contribution in [2.75, 3.05) is 6.61 Å². The maximum Gasteiger partial charge on any atom is 0.303 e. The first kappa shape index (κ1) is 19.2. The van der Waals surface area contributed by atoms with Gasteiger partial charge in [-0.15, -0.1) is 5.10 Å². The summed E-state index contributed by atoms with van der Waals surface area (Å²) >= 11 is 1.10. The zero-order valence-corrected chi connectivity index (χ0v) is 15.0. The number of esters is 3. The van der Waals surface area contributed by atoms with Gasteiger partial charge in [-0.3, -0.25) is 19.5 Å². The second kappa shape index (κ2) is 8.30. The van der Waals surface area contributed by atoms with Crippen molar-refractivity contribution in [3.63, 3.8) is 0 Å². The molecule has 1 fully saturated rings. The van der Waals surface area contributed by atoms with Gasteiger partial charge in [0.25, 0.3) is 0 Å². The quantitative estimate of drug-likeness (QED) is 0.570. The molecule has 0 saturated carbocycles. The molecule has 10 nitrogen and oxygen atoms in total. The van der Waals surface area contributed by atoms with Crippen molar-refractivity contribution < 1.29 is 33.3 Å². The third-order valence-corrected chi connectivity index (χ3v) is 4.13. The van der Waals surface area contributed by atoms with Gasteiger partial charge in [-0.25, -0.2) is 4.98 Å². The van der Waals surface area contributed by atoms with Gasteiger partial charge in [-0.05, 0) is 18.7 Å². The molecule has 2 heterocycles. The number of carbonyl (C=O) groups is 3. The van der Waals surface area contributed by atoms with Gasteiger partial charge in [-0.2, -0.15) is 0 Å². The van der Waals surface area contributed by atoms with E-state index in [0.29, 0.717) is 11.0 Å². The molecule has 1 N–H and O–H groups in total. The number of hydrogen-bond acceptors (Lipinski definition) is 10. The van der Waals surface area contributed by atoms with Gasteiger partial charge in [0.05, 0.1) is 6.61 Å². The molecule has 0 aliphatic carbocycles. The summed E-state index contributed by atoms with van der Waals surface area (Å²) in [6.45, 7) is 5.37. The molecule has 0 spiro atoms. The zero-order valence-electron chi connectivity index (χ0n) is 14.2. The molecule has 138 valence electrons. The average Bonchev–Trinajstić information content (AvgIpc) is 2.89. The van der Waals surface area contributed by atoms with E-state index in [4.69, 9.17) is 18.9 Å². The number of rotatable bonds is 5. The number of nitrogens with zero attached hydrogens (tertiary/aromatic N) is 2. The normalized spacial score (nSPS) is 25.9. The highest BCUT2D eigenvalue weighted by molar-refractivity contribution is 7.99. The Bertz CT molecular complexity index is 650. The zero-order chi connectivity index (χ0) is 18.6. The molecule has 1 aromatic heterocycles. The Balaban J connectivity index is 2.24. The standard InChI is InChI=1S/C14H19N3O7S/c1-6-15-14(17-16-6)25-13-12(24-9(4)20)11(23-8(3)19)10(5-21-13)22-7(2)18/h10-13H,5H2,1-4H3,(H,15,16,17)/t10-,11+,12-,13+/m1/s1. The van der Waals surface area contributed by atoms with E-state index in [2.05, 4.69) is 15.2 Å². The molecule has 0 radical (unpaired) electrons. The number of aromatic amines is 1. The lowest BCUT2D eigenvalue weighted by Gasteiger charge is -2.39. The van der Waals surface area contributed by atoms with E-state index >= 15 is 0 Å². The van der Waals surface area contributed by atoms with Crippen LogP contribution in [0.3, 0.4) is 0 Å². The van der Waals surface area contributed by atoms with Crippen molar-refractivity contribution >= 4 is 29.7 Å². The fourth-order valence-corrected chi connectivity index (χ4v) is 3.28. The van der Waals surface area contributed by atoms with Crippen LogP contribution in [0.1, 0.15) is 26.6 Å². The lowest BCUT2D eigenvalue weighted by molar-refractivity contribution is -0.213. The fraction of sp³-hybridized carbons (Fsp3) is 0.643. The summed E-state index contributed by atoms with van der Waals surface area (Å²) in [7, 11) is 0. The Morgan fingerprint density at radius 2 is 1.68 bits per heavy atom. The minimum atomic E-state index is -1.00. The summed E-state index contributed by atoms with van der Waals surface area (Å²) in [5.74, 6) is -1.15. The first-order valence-corrected chi connectivity index (χ1v) is 8.33. The number of ether oxygens (including phenoxy) is 4. The Hall–Kier alpha value is -2.14. The van der Waals surface area contributed by atoms with Crippen molar-refractivity contribution in [3.05, 3.63) is 5.82 Å². The van der Waals surface area contributed by atoms with Crippen LogP contribution in [0.2, 0.25) is 0 Å². The van der Waals surface area contributed by atoms with E-state index in [1.807, 2.05) is 0 Å². The molecule has 1 aliphatic rings. The van der Waals surface area contributed by atoms with Crippen LogP contribution < -0.4 is 0 Å². The van der Waals surface area contributed by atoms with E-state index < -0.39 is 41.7 Å². The first-order chi connectivity index (χ1) is 11.8. The van der Waals surface area contributed by atoms with Crippen LogP contribution >= 0.6 is 11.8 Å². The summed E-state index contributed by atoms with van der Waals surface area (Å²) in [5.41, 5.74) is -0.741. The van der Waals surface area contributed by atoms with E-state index in [9.17, 15) is 14.4 Å². The van der Waals surface area contributed by atoms with E-state index in [1.54, 1.807) is 6.92 Å². The van der Waals surface area contributed by atoms with Gasteiger partial charge in [-0.1, -0.05) is 0 Å². The summed E-state index contributed by atoms with van der Waals surface area (Å²) in [6, 6.07) is 0. The Kier molecular flexibility index (Phi) is 6.37. The van der Waals surface area contributed by atoms with Gasteiger partial charge in [0.1, 0.15) is 5.82 Å². The molecule has 1 saturated heterocycles. The highest BCUT2D eigenvalue weighted by atomic mass is 32.2. The Morgan fingerprint density at radius 1 is 1.08 bits per heavy atom. The lowest BCUT2D eigenvalue weighted by Crippen LogP contribution is -2.56. The van der Waals surface area contributed by atoms with Crippen molar-refractivity contribution in [1.82, 2.24) is 15.2 Å². The summed E-state index contributed by atoms with van der Waals surface area (Å²) in [4.78, 5) is 38.4. The maximum absolute atomic E-state index is 11.5. The van der Waals surface area contributed by atoms with Crippen LogP contribution in [-0.2, 0) is 33.3 Å². The molecule has 0 amide bonds. The third-order valence-electron chi connectivity index (χ3n) is 3.10. The number of hydrogen-bond donors (Lipinski definition) is 1. The second-order valence-corrected chi connectivity index (χ2v) is 6.38. The first-order valence-electron chi connectivity index (χ1n) is 7.45. The number of aromatic nitrogens is 3. The van der Waals surface area contributed by atoms with Gasteiger partial charge in [0.15, 0.2) is 23.7 Å². The van der Waals surface area contributed by atoms with Crippen molar-refractivity contribution in [2.24, 2.45) is 0 Å². The number of thioether (sulfide) groups is 1. The molecule has 4 atom stereocenters. The highest BCUT2D eigenvalue weighted by Gasteiger charge is 2.47. The predicted molar refractivity (Wildman–Crippen MR) is 83.4 cm³/mol. The molecule has 25 heavy (non-hydrogen) atoms. The number of H-pyrrole nitrogens is 1. The monoisotopic (exact) mass is 373 g/mol. The molecule has 2 rings (SSSR count). The van der Waals surface area contributed by atoms with Gasteiger partial charge in [0, 0.05) is 20.8 Å². The smallest absolute Gasteiger partial charge is 0.303 e. The van der Waals surface area contributed by atoms with Gasteiger partial charge in [0.2, 0.25) is 5.16 Å². The average molecular weight is 373 g/mol. The SMILES string of the molecule is CC(=O)O[C@@H]1[C@@H](OC(C)=O)[C@H](Sc2n[nH]c(C)n2)OC[C@H]1OC(C)=O. The van der Waals surface area contributed by atoms with Crippen LogP contribution in [0.15, 0.2) is 5.16 Å². The largest absolute Gasteiger partial charge is 0.456 e. The van der Waals surface area contributed by atoms with Crippen LogP contribution in [0, 0.1) is 6.92 Å². The van der Waals surface area contributed by atoms with Crippen LogP contribution in [0.25, 0.3) is 0 Å². The number of nitrogens with one attached hydrogen (secondary N) is 1. The third kappa shape index (κ3) is 5.43. The number of carbonyl (C=O) groups excluding carboxylic acids is 3. The summed E-state index contributed by atoms with van der Waals surface area (Å²) in [6.07, 6.45) is -2.89. The van der Waals surface area contributed by atoms with E-state index in [0.717, 1.165) is 11.8 Å². The minimum Gasteiger partial charge on any atom is -0.456 e. The second-order valence-electron chi connectivity index (χ2n) is 5.32.